The van der Waals surface area contributed by atoms with Crippen LogP contribution in [0.1, 0.15) is 29.7 Å². The summed E-state index contributed by atoms with van der Waals surface area (Å²) >= 11 is 0. The molecule has 0 aliphatic rings. The van der Waals surface area contributed by atoms with Crippen LogP contribution in [0.2, 0.25) is 0 Å². The number of benzene rings is 2. The minimum Gasteiger partial charge on any atom is -0.307 e. The maximum atomic E-state index is 4.47. The van der Waals surface area contributed by atoms with Crippen LogP contribution >= 0.6 is 0 Å². The highest BCUT2D eigenvalue weighted by molar-refractivity contribution is 5.79. The number of hydrogen-bond acceptors (Lipinski definition) is 2. The summed E-state index contributed by atoms with van der Waals surface area (Å²) in [5.74, 6) is 0. The normalized spacial score (nSPS) is 12.5. The Morgan fingerprint density at radius 1 is 1.05 bits per heavy atom. The van der Waals surface area contributed by atoms with Crippen LogP contribution in [0.4, 0.5) is 0 Å². The molecule has 1 unspecified atom stereocenters. The summed E-state index contributed by atoms with van der Waals surface area (Å²) in [6.45, 7) is 5.24. The molecule has 1 aromatic heterocycles. The van der Waals surface area contributed by atoms with E-state index in [1.165, 1.54) is 22.1 Å². The van der Waals surface area contributed by atoms with E-state index in [0.29, 0.717) is 0 Å². The van der Waals surface area contributed by atoms with E-state index in [9.17, 15) is 0 Å². The van der Waals surface area contributed by atoms with Gasteiger partial charge in [-0.1, -0.05) is 49.4 Å². The van der Waals surface area contributed by atoms with Gasteiger partial charge in [0.1, 0.15) is 0 Å². The highest BCUT2D eigenvalue weighted by Gasteiger charge is 2.15. The number of aryl methyl sites for hydroxylation is 1. The zero-order valence-corrected chi connectivity index (χ0v) is 12.5. The lowest BCUT2D eigenvalue weighted by molar-refractivity contribution is 0.628. The Hall–Kier alpha value is -2.19. The van der Waals surface area contributed by atoms with Gasteiger partial charge in [-0.15, -0.1) is 0 Å². The highest BCUT2D eigenvalue weighted by atomic mass is 14.9. The van der Waals surface area contributed by atoms with Gasteiger partial charge in [0.05, 0.1) is 11.6 Å². The molecule has 0 fully saturated rings. The molecule has 0 aliphatic heterocycles. The zero-order valence-electron chi connectivity index (χ0n) is 12.5. The van der Waals surface area contributed by atoms with Crippen LogP contribution in [-0.2, 0) is 0 Å². The average Bonchev–Trinajstić information content (AvgIpc) is 2.53. The number of pyridine rings is 1. The maximum absolute atomic E-state index is 4.47. The summed E-state index contributed by atoms with van der Waals surface area (Å²) in [5.41, 5.74) is 4.95. The topological polar surface area (TPSA) is 24.9 Å². The molecule has 3 aromatic rings. The fourth-order valence-electron chi connectivity index (χ4n) is 2.79. The minimum atomic E-state index is 0.211. The molecule has 2 aromatic carbocycles. The molecule has 1 heterocycles. The number of fused-ring (bicyclic) bond motifs is 1. The van der Waals surface area contributed by atoms with E-state index >= 15 is 0 Å². The summed E-state index contributed by atoms with van der Waals surface area (Å²) in [6, 6.07) is 19.4. The average molecular weight is 276 g/mol. The number of hydrogen-bond donors (Lipinski definition) is 1. The summed E-state index contributed by atoms with van der Waals surface area (Å²) in [5, 5.41) is 4.77. The molecule has 0 bridgehead atoms. The number of aromatic nitrogens is 1. The minimum absolute atomic E-state index is 0.211. The van der Waals surface area contributed by atoms with Gasteiger partial charge in [0, 0.05) is 11.6 Å². The van der Waals surface area contributed by atoms with Crippen molar-refractivity contribution in [3.63, 3.8) is 0 Å². The molecule has 106 valence electrons. The molecule has 3 rings (SSSR count). The third kappa shape index (κ3) is 2.81. The van der Waals surface area contributed by atoms with Crippen molar-refractivity contribution in [3.05, 3.63) is 77.5 Å². The first kappa shape index (κ1) is 13.8. The standard InChI is InChI=1S/C19H20N2/c1-3-20-19(17-9-5-4-7-14(17)2)16-11-10-15-8-6-12-21-18(15)13-16/h4-13,19-20H,3H2,1-2H3. The molecule has 0 spiro atoms. The van der Waals surface area contributed by atoms with E-state index in [1.54, 1.807) is 0 Å². The Labute approximate surface area is 125 Å². The molecule has 0 saturated carbocycles. The fourth-order valence-corrected chi connectivity index (χ4v) is 2.79. The molecule has 2 heteroatoms. The quantitative estimate of drug-likeness (QED) is 0.771. The van der Waals surface area contributed by atoms with Crippen molar-refractivity contribution in [2.24, 2.45) is 0 Å². The molecule has 1 atom stereocenters. The van der Waals surface area contributed by atoms with Crippen LogP contribution in [0, 0.1) is 6.92 Å². The van der Waals surface area contributed by atoms with E-state index in [2.05, 4.69) is 72.7 Å². The highest BCUT2D eigenvalue weighted by Crippen LogP contribution is 2.26. The van der Waals surface area contributed by atoms with Crippen molar-refractivity contribution in [1.82, 2.24) is 10.3 Å². The number of nitrogens with one attached hydrogen (secondary N) is 1. The summed E-state index contributed by atoms with van der Waals surface area (Å²) < 4.78 is 0. The van der Waals surface area contributed by atoms with Crippen molar-refractivity contribution in [3.8, 4) is 0 Å². The molecule has 1 N–H and O–H groups in total. The lowest BCUT2D eigenvalue weighted by atomic mass is 9.94. The van der Waals surface area contributed by atoms with Crippen LogP contribution in [-0.4, -0.2) is 11.5 Å². The van der Waals surface area contributed by atoms with Crippen molar-refractivity contribution < 1.29 is 0 Å². The van der Waals surface area contributed by atoms with Gasteiger partial charge in [-0.25, -0.2) is 0 Å². The van der Waals surface area contributed by atoms with Crippen molar-refractivity contribution in [1.29, 1.82) is 0 Å². The first-order chi connectivity index (χ1) is 10.3. The Balaban J connectivity index is 2.09. The third-order valence-corrected chi connectivity index (χ3v) is 3.87. The van der Waals surface area contributed by atoms with Gasteiger partial charge in [-0.2, -0.15) is 0 Å². The van der Waals surface area contributed by atoms with Gasteiger partial charge in [-0.05, 0) is 42.3 Å². The molecular weight excluding hydrogens is 256 g/mol. The van der Waals surface area contributed by atoms with Gasteiger partial charge in [0.25, 0.3) is 0 Å². The Kier molecular flexibility index (Phi) is 3.98. The number of nitrogens with zero attached hydrogens (tertiary/aromatic N) is 1. The van der Waals surface area contributed by atoms with Crippen molar-refractivity contribution >= 4 is 10.9 Å². The SMILES string of the molecule is CCNC(c1ccc2cccnc2c1)c1ccccc1C. The van der Waals surface area contributed by atoms with Crippen molar-refractivity contribution in [2.45, 2.75) is 19.9 Å². The summed E-state index contributed by atoms with van der Waals surface area (Å²) in [7, 11) is 0. The molecule has 21 heavy (non-hydrogen) atoms. The monoisotopic (exact) mass is 276 g/mol. The van der Waals surface area contributed by atoms with Gasteiger partial charge in [-0.3, -0.25) is 4.98 Å². The van der Waals surface area contributed by atoms with E-state index < -0.39 is 0 Å². The Morgan fingerprint density at radius 3 is 2.71 bits per heavy atom. The van der Waals surface area contributed by atoms with Gasteiger partial charge >= 0.3 is 0 Å². The third-order valence-electron chi connectivity index (χ3n) is 3.87. The Bertz CT molecular complexity index is 749. The molecular formula is C19H20N2. The zero-order chi connectivity index (χ0) is 14.7. The van der Waals surface area contributed by atoms with Crippen LogP contribution in [0.25, 0.3) is 10.9 Å². The molecule has 0 radical (unpaired) electrons. The van der Waals surface area contributed by atoms with Crippen molar-refractivity contribution in [2.75, 3.05) is 6.54 Å². The first-order valence-electron chi connectivity index (χ1n) is 7.43. The van der Waals surface area contributed by atoms with Gasteiger partial charge in [0.15, 0.2) is 0 Å². The maximum Gasteiger partial charge on any atom is 0.0705 e. The van der Waals surface area contributed by atoms with E-state index in [4.69, 9.17) is 0 Å². The lowest BCUT2D eigenvalue weighted by Gasteiger charge is -2.21. The fraction of sp³-hybridized carbons (Fsp3) is 0.211. The molecule has 0 aliphatic carbocycles. The van der Waals surface area contributed by atoms with Gasteiger partial charge < -0.3 is 5.32 Å². The first-order valence-corrected chi connectivity index (χ1v) is 7.43. The van der Waals surface area contributed by atoms with Crippen LogP contribution in [0.15, 0.2) is 60.8 Å². The second-order valence-electron chi connectivity index (χ2n) is 5.30. The van der Waals surface area contributed by atoms with E-state index in [-0.39, 0.29) is 6.04 Å². The van der Waals surface area contributed by atoms with E-state index in [1.807, 2.05) is 12.3 Å². The predicted octanol–water partition coefficient (Wildman–Crippen LogP) is 4.24. The van der Waals surface area contributed by atoms with E-state index in [0.717, 1.165) is 12.1 Å². The second kappa shape index (κ2) is 6.06. The van der Waals surface area contributed by atoms with Gasteiger partial charge in [0.2, 0.25) is 0 Å². The van der Waals surface area contributed by atoms with Crippen LogP contribution in [0.3, 0.4) is 0 Å². The number of rotatable bonds is 4. The summed E-state index contributed by atoms with van der Waals surface area (Å²) in [6.07, 6.45) is 1.85. The molecule has 0 saturated heterocycles. The van der Waals surface area contributed by atoms with Crippen LogP contribution in [0.5, 0.6) is 0 Å². The molecule has 2 nitrogen and oxygen atoms in total. The smallest absolute Gasteiger partial charge is 0.0705 e. The second-order valence-corrected chi connectivity index (χ2v) is 5.30. The summed E-state index contributed by atoms with van der Waals surface area (Å²) in [4.78, 5) is 4.47. The molecule has 0 amide bonds. The van der Waals surface area contributed by atoms with Crippen LogP contribution < -0.4 is 5.32 Å². The lowest BCUT2D eigenvalue weighted by Crippen LogP contribution is -2.22. The largest absolute Gasteiger partial charge is 0.307 e. The predicted molar refractivity (Wildman–Crippen MR) is 88.4 cm³/mol. The Morgan fingerprint density at radius 2 is 1.90 bits per heavy atom.